The molecule has 1 amide bonds. The molecule has 1 aromatic carbocycles. The number of aliphatic carboxylic acids is 1. The van der Waals surface area contributed by atoms with Gasteiger partial charge in [0, 0.05) is 37.3 Å². The summed E-state index contributed by atoms with van der Waals surface area (Å²) in [6.45, 7) is 1.85. The van der Waals surface area contributed by atoms with E-state index in [1.54, 1.807) is 4.90 Å². The summed E-state index contributed by atoms with van der Waals surface area (Å²) in [6.07, 6.45) is 2.38. The van der Waals surface area contributed by atoms with E-state index >= 15 is 0 Å². The number of para-hydroxylation sites is 1. The first kappa shape index (κ1) is 15.2. The third-order valence-corrected chi connectivity index (χ3v) is 5.47. The first-order valence-electron chi connectivity index (χ1n) is 8.23. The van der Waals surface area contributed by atoms with E-state index in [9.17, 15) is 14.7 Å². The number of ether oxygens (including phenoxy) is 1. The number of fused-ring (bicyclic) bond motifs is 2. The predicted octanol–water partition coefficient (Wildman–Crippen LogP) is 1.59. The lowest BCUT2D eigenvalue weighted by molar-refractivity contribution is -0.157. The molecule has 0 saturated carbocycles. The molecule has 2 fully saturated rings. The van der Waals surface area contributed by atoms with Gasteiger partial charge in [0.15, 0.2) is 0 Å². The summed E-state index contributed by atoms with van der Waals surface area (Å²) in [5, 5.41) is 10.8. The van der Waals surface area contributed by atoms with E-state index in [2.05, 4.69) is 0 Å². The molecule has 3 heterocycles. The van der Waals surface area contributed by atoms with Gasteiger partial charge in [-0.15, -0.1) is 0 Å². The maximum Gasteiger partial charge on any atom is 0.311 e. The van der Waals surface area contributed by atoms with Crippen molar-refractivity contribution in [1.82, 2.24) is 9.47 Å². The van der Waals surface area contributed by atoms with Crippen LogP contribution in [0.25, 0.3) is 10.9 Å². The Hall–Kier alpha value is -2.34. The molecule has 0 unspecified atom stereocenters. The van der Waals surface area contributed by atoms with Crippen molar-refractivity contribution in [2.75, 3.05) is 26.3 Å². The van der Waals surface area contributed by atoms with E-state index in [1.807, 2.05) is 41.1 Å². The van der Waals surface area contributed by atoms with Gasteiger partial charge in [0.05, 0.1) is 12.0 Å². The highest BCUT2D eigenvalue weighted by molar-refractivity contribution is 5.84. The lowest BCUT2D eigenvalue weighted by atomic mass is 9.74. The Balaban J connectivity index is 1.54. The van der Waals surface area contributed by atoms with Crippen LogP contribution in [0.1, 0.15) is 6.42 Å². The Kier molecular flexibility index (Phi) is 3.57. The summed E-state index contributed by atoms with van der Waals surface area (Å²) >= 11 is 0. The minimum Gasteiger partial charge on any atom is -0.481 e. The Bertz CT molecular complexity index is 799. The van der Waals surface area contributed by atoms with Gasteiger partial charge in [-0.3, -0.25) is 9.59 Å². The fraction of sp³-hybridized carbons (Fsp3) is 0.444. The lowest BCUT2D eigenvalue weighted by Gasteiger charge is -2.33. The zero-order chi connectivity index (χ0) is 16.7. The number of amides is 1. The summed E-state index contributed by atoms with van der Waals surface area (Å²) in [5.74, 6) is -0.960. The standard InChI is InChI=1S/C18H20N2O4/c21-16(10-19-7-5-13-3-1-2-4-15(13)19)20-9-14-11-24-8-6-18(14,12-20)17(22)23/h1-5,7,14H,6,8-12H2,(H,22,23)/t14-,18+/m0/s1. The normalized spacial score (nSPS) is 26.5. The number of likely N-dealkylation sites (tertiary alicyclic amines) is 1. The summed E-state index contributed by atoms with van der Waals surface area (Å²) in [7, 11) is 0. The van der Waals surface area contributed by atoms with Crippen LogP contribution in [0.5, 0.6) is 0 Å². The summed E-state index contributed by atoms with van der Waals surface area (Å²) in [6, 6.07) is 9.90. The van der Waals surface area contributed by atoms with Gasteiger partial charge >= 0.3 is 5.97 Å². The van der Waals surface area contributed by atoms with Gasteiger partial charge in [-0.25, -0.2) is 0 Å². The summed E-state index contributed by atoms with van der Waals surface area (Å²) in [4.78, 5) is 26.3. The molecule has 6 heteroatoms. The van der Waals surface area contributed by atoms with Crippen LogP contribution in [-0.2, 0) is 20.9 Å². The molecule has 0 radical (unpaired) electrons. The molecule has 2 aliphatic heterocycles. The van der Waals surface area contributed by atoms with Crippen molar-refractivity contribution >= 4 is 22.8 Å². The van der Waals surface area contributed by atoms with Gasteiger partial charge < -0.3 is 19.3 Å². The second kappa shape index (κ2) is 5.63. The topological polar surface area (TPSA) is 71.8 Å². The van der Waals surface area contributed by atoms with Gasteiger partial charge in [0.2, 0.25) is 5.91 Å². The number of carboxylic acids is 1. The average molecular weight is 328 g/mol. The molecular weight excluding hydrogens is 308 g/mol. The minimum atomic E-state index is -0.841. The van der Waals surface area contributed by atoms with Crippen LogP contribution in [0.15, 0.2) is 36.5 Å². The highest BCUT2D eigenvalue weighted by Gasteiger charge is 2.54. The first-order chi connectivity index (χ1) is 11.6. The molecule has 0 bridgehead atoms. The maximum atomic E-state index is 12.7. The molecule has 0 aliphatic carbocycles. The second-order valence-electron chi connectivity index (χ2n) is 6.76. The zero-order valence-electron chi connectivity index (χ0n) is 13.4. The Morgan fingerprint density at radius 2 is 2.12 bits per heavy atom. The molecule has 126 valence electrons. The van der Waals surface area contributed by atoms with E-state index in [0.717, 1.165) is 10.9 Å². The highest BCUT2D eigenvalue weighted by Crippen LogP contribution is 2.42. The number of benzene rings is 1. The smallest absolute Gasteiger partial charge is 0.311 e. The SMILES string of the molecule is O=C(Cn1ccc2ccccc21)N1C[C@H]2COCC[C@@]2(C(=O)O)C1. The number of hydrogen-bond acceptors (Lipinski definition) is 3. The number of aromatic nitrogens is 1. The number of carbonyl (C=O) groups excluding carboxylic acids is 1. The summed E-state index contributed by atoms with van der Waals surface area (Å²) < 4.78 is 7.36. The van der Waals surface area contributed by atoms with Gasteiger partial charge in [-0.2, -0.15) is 0 Å². The molecule has 1 aromatic heterocycles. The third kappa shape index (κ3) is 2.29. The van der Waals surface area contributed by atoms with Gasteiger partial charge in [0.25, 0.3) is 0 Å². The fourth-order valence-electron chi connectivity index (χ4n) is 4.01. The highest BCUT2D eigenvalue weighted by atomic mass is 16.5. The monoisotopic (exact) mass is 328 g/mol. The van der Waals surface area contributed by atoms with E-state index in [4.69, 9.17) is 4.74 Å². The van der Waals surface area contributed by atoms with Crippen LogP contribution < -0.4 is 0 Å². The maximum absolute atomic E-state index is 12.7. The van der Waals surface area contributed by atoms with Crippen molar-refractivity contribution in [3.63, 3.8) is 0 Å². The van der Waals surface area contributed by atoms with Crippen molar-refractivity contribution in [2.45, 2.75) is 13.0 Å². The molecule has 2 aromatic rings. The van der Waals surface area contributed by atoms with Crippen molar-refractivity contribution in [1.29, 1.82) is 0 Å². The van der Waals surface area contributed by atoms with E-state index in [0.29, 0.717) is 26.2 Å². The van der Waals surface area contributed by atoms with Gasteiger partial charge in [-0.05, 0) is 23.9 Å². The second-order valence-corrected chi connectivity index (χ2v) is 6.76. The number of hydrogen-bond donors (Lipinski definition) is 1. The molecule has 2 atom stereocenters. The van der Waals surface area contributed by atoms with Gasteiger partial charge in [0.1, 0.15) is 6.54 Å². The fourth-order valence-corrected chi connectivity index (χ4v) is 4.01. The van der Waals surface area contributed by atoms with Crippen molar-refractivity contribution < 1.29 is 19.4 Å². The third-order valence-electron chi connectivity index (χ3n) is 5.47. The molecule has 2 saturated heterocycles. The Labute approximate surface area is 139 Å². The molecule has 2 aliphatic rings. The van der Waals surface area contributed by atoms with Crippen molar-refractivity contribution in [3.8, 4) is 0 Å². The van der Waals surface area contributed by atoms with Crippen LogP contribution in [0.2, 0.25) is 0 Å². The van der Waals surface area contributed by atoms with Crippen LogP contribution in [0.4, 0.5) is 0 Å². The minimum absolute atomic E-state index is 0.0358. The van der Waals surface area contributed by atoms with Crippen LogP contribution >= 0.6 is 0 Å². The Morgan fingerprint density at radius 1 is 1.29 bits per heavy atom. The average Bonchev–Trinajstić information content (AvgIpc) is 3.17. The van der Waals surface area contributed by atoms with Crippen LogP contribution in [0.3, 0.4) is 0 Å². The van der Waals surface area contributed by atoms with Gasteiger partial charge in [-0.1, -0.05) is 18.2 Å². The lowest BCUT2D eigenvalue weighted by Crippen LogP contribution is -2.45. The Morgan fingerprint density at radius 3 is 2.92 bits per heavy atom. The molecule has 4 rings (SSSR count). The van der Waals surface area contributed by atoms with Crippen LogP contribution in [0, 0.1) is 11.3 Å². The number of rotatable bonds is 3. The van der Waals surface area contributed by atoms with Crippen molar-refractivity contribution in [2.24, 2.45) is 11.3 Å². The van der Waals surface area contributed by atoms with E-state index in [1.165, 1.54) is 0 Å². The molecule has 6 nitrogen and oxygen atoms in total. The van der Waals surface area contributed by atoms with Crippen molar-refractivity contribution in [3.05, 3.63) is 36.5 Å². The largest absolute Gasteiger partial charge is 0.481 e. The number of carbonyl (C=O) groups is 2. The molecular formula is C18H20N2O4. The first-order valence-corrected chi connectivity index (χ1v) is 8.23. The van der Waals surface area contributed by atoms with E-state index < -0.39 is 11.4 Å². The quantitative estimate of drug-likeness (QED) is 0.929. The number of carboxylic acid groups (broad SMARTS) is 1. The molecule has 1 N–H and O–H groups in total. The number of nitrogens with zero attached hydrogens (tertiary/aromatic N) is 2. The predicted molar refractivity (Wildman–Crippen MR) is 87.5 cm³/mol. The molecule has 24 heavy (non-hydrogen) atoms. The van der Waals surface area contributed by atoms with Crippen LogP contribution in [-0.4, -0.2) is 52.8 Å². The molecule has 0 spiro atoms. The zero-order valence-corrected chi connectivity index (χ0v) is 13.4. The van der Waals surface area contributed by atoms with E-state index in [-0.39, 0.29) is 24.9 Å². The summed E-state index contributed by atoms with van der Waals surface area (Å²) in [5.41, 5.74) is 0.172.